The number of furan rings is 1. The van der Waals surface area contributed by atoms with Crippen LogP contribution < -0.4 is 5.32 Å². The average Bonchev–Trinajstić information content (AvgIpc) is 3.15. The summed E-state index contributed by atoms with van der Waals surface area (Å²) in [7, 11) is 0. The van der Waals surface area contributed by atoms with Gasteiger partial charge in [-0.25, -0.2) is 0 Å². The molecule has 0 spiro atoms. The Bertz CT molecular complexity index is 718. The zero-order chi connectivity index (χ0) is 18.2. The van der Waals surface area contributed by atoms with Crippen LogP contribution in [0.1, 0.15) is 37.6 Å². The van der Waals surface area contributed by atoms with E-state index in [1.54, 1.807) is 17.8 Å². The molecule has 0 unspecified atom stereocenters. The highest BCUT2D eigenvalue weighted by Gasteiger charge is 2.12. The molecule has 0 aliphatic heterocycles. The van der Waals surface area contributed by atoms with Crippen LogP contribution in [0.3, 0.4) is 0 Å². The van der Waals surface area contributed by atoms with Crippen LogP contribution in [0.15, 0.2) is 27.8 Å². The Hall–Kier alpha value is -2.02. The number of nitrogens with one attached hydrogen (secondary N) is 1. The SMILES string of the molecule is CSc1nnc(CCCNC(=O)C=Cc2ccc(C)o2)n1CC(C)C. The lowest BCUT2D eigenvalue weighted by Gasteiger charge is -2.11. The monoisotopic (exact) mass is 362 g/mol. The van der Waals surface area contributed by atoms with Gasteiger partial charge in [0, 0.05) is 25.6 Å². The number of amides is 1. The van der Waals surface area contributed by atoms with E-state index in [0.29, 0.717) is 18.2 Å². The highest BCUT2D eigenvalue weighted by atomic mass is 32.2. The van der Waals surface area contributed by atoms with Crippen molar-refractivity contribution in [3.63, 3.8) is 0 Å². The summed E-state index contributed by atoms with van der Waals surface area (Å²) < 4.78 is 7.57. The van der Waals surface area contributed by atoms with Gasteiger partial charge in [-0.1, -0.05) is 25.6 Å². The highest BCUT2D eigenvalue weighted by molar-refractivity contribution is 7.98. The third-order valence-electron chi connectivity index (χ3n) is 3.56. The molecule has 2 aromatic rings. The van der Waals surface area contributed by atoms with Crippen molar-refractivity contribution in [2.24, 2.45) is 5.92 Å². The van der Waals surface area contributed by atoms with E-state index in [1.807, 2.05) is 25.3 Å². The van der Waals surface area contributed by atoms with Crippen LogP contribution in [0.25, 0.3) is 6.08 Å². The van der Waals surface area contributed by atoms with Gasteiger partial charge < -0.3 is 14.3 Å². The molecule has 0 atom stereocenters. The number of hydrogen-bond acceptors (Lipinski definition) is 5. The number of carbonyl (C=O) groups excluding carboxylic acids is 1. The van der Waals surface area contributed by atoms with Crippen molar-refractivity contribution < 1.29 is 9.21 Å². The number of hydrogen-bond donors (Lipinski definition) is 1. The lowest BCUT2D eigenvalue weighted by Crippen LogP contribution is -2.23. The number of thioether (sulfide) groups is 1. The molecule has 0 aliphatic rings. The van der Waals surface area contributed by atoms with E-state index in [0.717, 1.165) is 36.1 Å². The predicted octanol–water partition coefficient (Wildman–Crippen LogP) is 3.32. The predicted molar refractivity (Wildman–Crippen MR) is 100 cm³/mol. The van der Waals surface area contributed by atoms with Crippen molar-refractivity contribution in [1.82, 2.24) is 20.1 Å². The molecule has 6 nitrogen and oxygen atoms in total. The van der Waals surface area contributed by atoms with Crippen LogP contribution >= 0.6 is 11.8 Å². The summed E-state index contributed by atoms with van der Waals surface area (Å²) in [6, 6.07) is 3.71. The van der Waals surface area contributed by atoms with Gasteiger partial charge >= 0.3 is 0 Å². The fourth-order valence-electron chi connectivity index (χ4n) is 2.42. The summed E-state index contributed by atoms with van der Waals surface area (Å²) >= 11 is 1.61. The first kappa shape index (κ1) is 19.3. The smallest absolute Gasteiger partial charge is 0.244 e. The first-order chi connectivity index (χ1) is 12.0. The molecule has 1 amide bonds. The molecule has 0 saturated carbocycles. The maximum Gasteiger partial charge on any atom is 0.244 e. The van der Waals surface area contributed by atoms with Crippen LogP contribution in [0.4, 0.5) is 0 Å². The number of carbonyl (C=O) groups is 1. The number of rotatable bonds is 9. The Balaban J connectivity index is 1.78. The van der Waals surface area contributed by atoms with E-state index in [9.17, 15) is 4.79 Å². The number of aromatic nitrogens is 3. The van der Waals surface area contributed by atoms with Crippen LogP contribution in [0, 0.1) is 12.8 Å². The molecular weight excluding hydrogens is 336 g/mol. The summed E-state index contributed by atoms with van der Waals surface area (Å²) in [4.78, 5) is 11.8. The minimum atomic E-state index is -0.123. The molecule has 0 fully saturated rings. The van der Waals surface area contributed by atoms with Crippen LogP contribution in [0.5, 0.6) is 0 Å². The molecule has 0 saturated heterocycles. The van der Waals surface area contributed by atoms with Crippen LogP contribution in [0.2, 0.25) is 0 Å². The lowest BCUT2D eigenvalue weighted by atomic mass is 10.2. The molecule has 0 aliphatic carbocycles. The summed E-state index contributed by atoms with van der Waals surface area (Å²) in [6.45, 7) is 7.75. The zero-order valence-electron chi connectivity index (χ0n) is 15.3. The molecule has 2 aromatic heterocycles. The maximum atomic E-state index is 11.8. The first-order valence-electron chi connectivity index (χ1n) is 8.48. The largest absolute Gasteiger partial charge is 0.462 e. The summed E-state index contributed by atoms with van der Waals surface area (Å²) in [6.07, 6.45) is 6.79. The normalized spacial score (nSPS) is 11.6. The van der Waals surface area contributed by atoms with Crippen molar-refractivity contribution in [2.45, 2.75) is 45.3 Å². The Morgan fingerprint density at radius 3 is 2.84 bits per heavy atom. The van der Waals surface area contributed by atoms with Gasteiger partial charge in [-0.2, -0.15) is 0 Å². The summed E-state index contributed by atoms with van der Waals surface area (Å²) in [5.41, 5.74) is 0. The molecule has 7 heteroatoms. The molecule has 1 N–H and O–H groups in total. The molecule has 2 heterocycles. The molecular formula is C18H26N4O2S. The second-order valence-electron chi connectivity index (χ2n) is 6.28. The van der Waals surface area contributed by atoms with Crippen molar-refractivity contribution >= 4 is 23.7 Å². The molecule has 0 radical (unpaired) electrons. The second-order valence-corrected chi connectivity index (χ2v) is 7.06. The van der Waals surface area contributed by atoms with Gasteiger partial charge in [0.25, 0.3) is 0 Å². The summed E-state index contributed by atoms with van der Waals surface area (Å²) in [5, 5.41) is 12.4. The van der Waals surface area contributed by atoms with Gasteiger partial charge in [-0.05, 0) is 43.7 Å². The summed E-state index contributed by atoms with van der Waals surface area (Å²) in [5.74, 6) is 2.90. The topological polar surface area (TPSA) is 73.0 Å². The quantitative estimate of drug-likeness (QED) is 0.421. The van der Waals surface area contributed by atoms with Crippen molar-refractivity contribution in [1.29, 1.82) is 0 Å². The maximum absolute atomic E-state index is 11.8. The standard InChI is InChI=1S/C18H26N4O2S/c1-13(2)12-22-16(20-21-18(22)25-4)6-5-11-19-17(23)10-9-15-8-7-14(3)24-15/h7-10,13H,5-6,11-12H2,1-4H3,(H,19,23). The van der Waals surface area contributed by atoms with Gasteiger partial charge in [0.1, 0.15) is 17.3 Å². The highest BCUT2D eigenvalue weighted by Crippen LogP contribution is 2.16. The van der Waals surface area contributed by atoms with Crippen molar-refractivity contribution in [2.75, 3.05) is 12.8 Å². The van der Waals surface area contributed by atoms with Crippen molar-refractivity contribution in [3.8, 4) is 0 Å². The molecule has 136 valence electrons. The lowest BCUT2D eigenvalue weighted by molar-refractivity contribution is -0.116. The van der Waals surface area contributed by atoms with Crippen LogP contribution in [-0.4, -0.2) is 33.5 Å². The first-order valence-corrected chi connectivity index (χ1v) is 9.70. The Labute approximate surface area is 153 Å². The van der Waals surface area contributed by atoms with Crippen LogP contribution in [-0.2, 0) is 17.8 Å². The second kappa shape index (κ2) is 9.46. The van der Waals surface area contributed by atoms with E-state index in [1.165, 1.54) is 6.08 Å². The van der Waals surface area contributed by atoms with E-state index in [2.05, 4.69) is 33.9 Å². The average molecular weight is 362 g/mol. The van der Waals surface area contributed by atoms with E-state index in [-0.39, 0.29) is 5.91 Å². The molecule has 0 aromatic carbocycles. The number of aryl methyl sites for hydroxylation is 2. The molecule has 25 heavy (non-hydrogen) atoms. The third-order valence-corrected chi connectivity index (χ3v) is 4.23. The minimum absolute atomic E-state index is 0.123. The Kier molecular flexibility index (Phi) is 7.31. The molecule has 0 bridgehead atoms. The van der Waals surface area contributed by atoms with Gasteiger partial charge in [0.15, 0.2) is 5.16 Å². The zero-order valence-corrected chi connectivity index (χ0v) is 16.1. The number of nitrogens with zero attached hydrogens (tertiary/aromatic N) is 3. The van der Waals surface area contributed by atoms with Gasteiger partial charge in [-0.3, -0.25) is 4.79 Å². The van der Waals surface area contributed by atoms with Crippen molar-refractivity contribution in [3.05, 3.63) is 35.6 Å². The Morgan fingerprint density at radius 1 is 1.40 bits per heavy atom. The third kappa shape index (κ3) is 6.08. The minimum Gasteiger partial charge on any atom is -0.462 e. The molecule has 2 rings (SSSR count). The fraction of sp³-hybridized carbons (Fsp3) is 0.500. The van der Waals surface area contributed by atoms with E-state index in [4.69, 9.17) is 4.42 Å². The van der Waals surface area contributed by atoms with E-state index < -0.39 is 0 Å². The van der Waals surface area contributed by atoms with Gasteiger partial charge in [0.2, 0.25) is 5.91 Å². The van der Waals surface area contributed by atoms with Gasteiger partial charge in [-0.15, -0.1) is 10.2 Å². The van der Waals surface area contributed by atoms with Gasteiger partial charge in [0.05, 0.1) is 0 Å². The Morgan fingerprint density at radius 2 is 2.20 bits per heavy atom. The fourth-order valence-corrected chi connectivity index (χ4v) is 2.94. The van der Waals surface area contributed by atoms with E-state index >= 15 is 0 Å².